The number of carbonyl (C=O) groups is 2. The molecule has 2 aromatic heterocycles. The lowest BCUT2D eigenvalue weighted by molar-refractivity contribution is -0.124. The quantitative estimate of drug-likeness (QED) is 0.652. The van der Waals surface area contributed by atoms with Crippen molar-refractivity contribution >= 4 is 45.3 Å². The zero-order chi connectivity index (χ0) is 16.2. The van der Waals surface area contributed by atoms with Gasteiger partial charge in [-0.1, -0.05) is 11.8 Å². The van der Waals surface area contributed by atoms with Crippen molar-refractivity contribution in [3.8, 4) is 0 Å². The third-order valence-electron chi connectivity index (χ3n) is 2.25. The smallest absolute Gasteiger partial charge is 0.329 e. The van der Waals surface area contributed by atoms with Crippen molar-refractivity contribution in [3.63, 3.8) is 0 Å². The van der Waals surface area contributed by atoms with E-state index in [1.807, 2.05) is 10.7 Å². The summed E-state index contributed by atoms with van der Waals surface area (Å²) in [6, 6.07) is 0.614. The predicted octanol–water partition coefficient (Wildman–Crippen LogP) is 2.17. The molecular weight excluding hydrogens is 341 g/mol. The Kier molecular flexibility index (Phi) is 5.19. The molecule has 6 nitrogen and oxygen atoms in total. The molecule has 0 atom stereocenters. The molecule has 0 aliphatic heterocycles. The fourth-order valence-electron chi connectivity index (χ4n) is 1.39. The molecule has 0 spiro atoms. The van der Waals surface area contributed by atoms with Gasteiger partial charge in [0.15, 0.2) is 0 Å². The number of hydrogen-bond acceptors (Lipinski definition) is 6. The second kappa shape index (κ2) is 6.92. The number of fused-ring (bicyclic) bond motifs is 1. The van der Waals surface area contributed by atoms with Crippen molar-refractivity contribution in [3.05, 3.63) is 17.8 Å². The number of amides is 3. The molecule has 11 heteroatoms. The number of imide groups is 1. The minimum absolute atomic E-state index is 0.149. The molecule has 0 saturated heterocycles. The molecule has 3 amide bonds. The van der Waals surface area contributed by atoms with Crippen molar-refractivity contribution in [2.45, 2.75) is 11.2 Å². The minimum Gasteiger partial charge on any atom is -0.329 e. The van der Waals surface area contributed by atoms with Crippen LogP contribution in [-0.4, -0.2) is 40.4 Å². The highest BCUT2D eigenvalue weighted by atomic mass is 32.2. The first-order chi connectivity index (χ1) is 10.3. The number of carbonyl (C=O) groups excluding carboxylic acids is 2. The van der Waals surface area contributed by atoms with Crippen LogP contribution in [0.25, 0.3) is 10.2 Å². The molecule has 22 heavy (non-hydrogen) atoms. The number of urea groups is 1. The monoisotopic (exact) mass is 350 g/mol. The third-order valence-corrected chi connectivity index (χ3v) is 4.28. The standard InChI is InChI=1S/C11H9F3N4O2S2/c12-11(13,14)4-15-10(20)18-7(19)3-22-9-8-6(1-2-21-8)16-5-17-9/h1-2,5H,3-4H2,(H2,15,18,19,20). The van der Waals surface area contributed by atoms with Gasteiger partial charge in [-0.3, -0.25) is 10.1 Å². The first-order valence-corrected chi connectivity index (χ1v) is 7.67. The van der Waals surface area contributed by atoms with Crippen molar-refractivity contribution in [1.82, 2.24) is 20.6 Å². The number of nitrogens with zero attached hydrogens (tertiary/aromatic N) is 2. The van der Waals surface area contributed by atoms with E-state index in [0.717, 1.165) is 22.0 Å². The van der Waals surface area contributed by atoms with E-state index in [9.17, 15) is 22.8 Å². The van der Waals surface area contributed by atoms with Crippen LogP contribution in [-0.2, 0) is 4.79 Å². The summed E-state index contributed by atoms with van der Waals surface area (Å²) in [4.78, 5) is 30.7. The predicted molar refractivity (Wildman–Crippen MR) is 75.7 cm³/mol. The number of rotatable bonds is 4. The van der Waals surface area contributed by atoms with Gasteiger partial charge in [0.05, 0.1) is 16.0 Å². The summed E-state index contributed by atoms with van der Waals surface area (Å²) in [5.74, 6) is -0.864. The SMILES string of the molecule is O=C(CSc1ncnc2ccsc12)NC(=O)NCC(F)(F)F. The molecule has 0 bridgehead atoms. The van der Waals surface area contributed by atoms with Gasteiger partial charge in [0, 0.05) is 0 Å². The first-order valence-electron chi connectivity index (χ1n) is 5.80. The Balaban J connectivity index is 1.83. The van der Waals surface area contributed by atoms with Gasteiger partial charge in [-0.2, -0.15) is 13.2 Å². The Hall–Kier alpha value is -1.88. The van der Waals surface area contributed by atoms with E-state index in [-0.39, 0.29) is 5.75 Å². The van der Waals surface area contributed by atoms with Crippen molar-refractivity contribution in [1.29, 1.82) is 0 Å². The molecule has 0 aliphatic carbocycles. The minimum atomic E-state index is -4.53. The highest BCUT2D eigenvalue weighted by Crippen LogP contribution is 2.28. The molecule has 0 unspecified atom stereocenters. The van der Waals surface area contributed by atoms with Crippen molar-refractivity contribution < 1.29 is 22.8 Å². The van der Waals surface area contributed by atoms with Crippen molar-refractivity contribution in [2.75, 3.05) is 12.3 Å². The Labute approximate surface area is 130 Å². The summed E-state index contributed by atoms with van der Waals surface area (Å²) in [7, 11) is 0. The second-order valence-corrected chi connectivity index (χ2v) is 5.83. The molecule has 2 N–H and O–H groups in total. The van der Waals surface area contributed by atoms with Crippen LogP contribution in [0.4, 0.5) is 18.0 Å². The van der Waals surface area contributed by atoms with Crippen LogP contribution in [0.2, 0.25) is 0 Å². The summed E-state index contributed by atoms with van der Waals surface area (Å²) in [6.07, 6.45) is -3.17. The molecule has 2 rings (SSSR count). The fraction of sp³-hybridized carbons (Fsp3) is 0.273. The molecule has 2 aromatic rings. The zero-order valence-corrected chi connectivity index (χ0v) is 12.4. The van der Waals surface area contributed by atoms with Crippen LogP contribution < -0.4 is 10.6 Å². The van der Waals surface area contributed by atoms with Gasteiger partial charge in [0.25, 0.3) is 0 Å². The van der Waals surface area contributed by atoms with Crippen LogP contribution in [0.1, 0.15) is 0 Å². The third kappa shape index (κ3) is 4.84. The van der Waals surface area contributed by atoms with Gasteiger partial charge in [-0.05, 0) is 11.4 Å². The number of thioether (sulfide) groups is 1. The average Bonchev–Trinajstić information content (AvgIpc) is 2.91. The summed E-state index contributed by atoms with van der Waals surface area (Å²) < 4.78 is 36.5. The normalized spacial score (nSPS) is 11.4. The summed E-state index contributed by atoms with van der Waals surface area (Å²) in [5.41, 5.74) is 0.742. The van der Waals surface area contributed by atoms with Gasteiger partial charge in [-0.15, -0.1) is 11.3 Å². The molecule has 0 aromatic carbocycles. The molecule has 0 aliphatic rings. The van der Waals surface area contributed by atoms with E-state index in [2.05, 4.69) is 9.97 Å². The van der Waals surface area contributed by atoms with Crippen LogP contribution in [0, 0.1) is 0 Å². The Bertz CT molecular complexity index is 689. The molecule has 118 valence electrons. The number of nitrogens with one attached hydrogen (secondary N) is 2. The van der Waals surface area contributed by atoms with Gasteiger partial charge < -0.3 is 5.32 Å². The Morgan fingerprint density at radius 3 is 2.82 bits per heavy atom. The van der Waals surface area contributed by atoms with Gasteiger partial charge in [-0.25, -0.2) is 14.8 Å². The number of thiophene rings is 1. The lowest BCUT2D eigenvalue weighted by Gasteiger charge is -2.08. The van der Waals surface area contributed by atoms with Crippen molar-refractivity contribution in [2.24, 2.45) is 0 Å². The average molecular weight is 350 g/mol. The topological polar surface area (TPSA) is 84.0 Å². The van der Waals surface area contributed by atoms with E-state index < -0.39 is 24.7 Å². The highest BCUT2D eigenvalue weighted by Gasteiger charge is 2.27. The molecule has 0 fully saturated rings. The van der Waals surface area contributed by atoms with Crippen LogP contribution >= 0.6 is 23.1 Å². The lowest BCUT2D eigenvalue weighted by atomic mass is 10.5. The largest absolute Gasteiger partial charge is 0.405 e. The Morgan fingerprint density at radius 2 is 2.09 bits per heavy atom. The lowest BCUT2D eigenvalue weighted by Crippen LogP contribution is -2.43. The fourth-order valence-corrected chi connectivity index (χ4v) is 3.14. The Morgan fingerprint density at radius 1 is 1.32 bits per heavy atom. The van der Waals surface area contributed by atoms with E-state index in [1.165, 1.54) is 17.7 Å². The summed E-state index contributed by atoms with van der Waals surface area (Å²) >= 11 is 2.48. The highest BCUT2D eigenvalue weighted by molar-refractivity contribution is 8.00. The molecule has 0 saturated carbocycles. The maximum Gasteiger partial charge on any atom is 0.405 e. The van der Waals surface area contributed by atoms with E-state index in [0.29, 0.717) is 5.03 Å². The molecule has 2 heterocycles. The van der Waals surface area contributed by atoms with Crippen LogP contribution in [0.3, 0.4) is 0 Å². The summed E-state index contributed by atoms with van der Waals surface area (Å²) in [6.45, 7) is -1.50. The van der Waals surface area contributed by atoms with E-state index in [1.54, 1.807) is 11.4 Å². The summed E-state index contributed by atoms with van der Waals surface area (Å²) in [5, 5.41) is 5.77. The first kappa shape index (κ1) is 16.5. The van der Waals surface area contributed by atoms with Gasteiger partial charge >= 0.3 is 12.2 Å². The number of halogens is 3. The van der Waals surface area contributed by atoms with Crippen LogP contribution in [0.15, 0.2) is 22.8 Å². The number of hydrogen-bond donors (Lipinski definition) is 2. The zero-order valence-electron chi connectivity index (χ0n) is 10.8. The number of aromatic nitrogens is 2. The van der Waals surface area contributed by atoms with Gasteiger partial charge in [0.2, 0.25) is 5.91 Å². The maximum absolute atomic E-state index is 11.9. The van der Waals surface area contributed by atoms with Gasteiger partial charge in [0.1, 0.15) is 17.9 Å². The van der Waals surface area contributed by atoms with Crippen LogP contribution in [0.5, 0.6) is 0 Å². The second-order valence-electron chi connectivity index (χ2n) is 3.95. The maximum atomic E-state index is 11.9. The number of alkyl halides is 3. The van der Waals surface area contributed by atoms with E-state index in [4.69, 9.17) is 0 Å². The molecular formula is C11H9F3N4O2S2. The molecule has 0 radical (unpaired) electrons. The van der Waals surface area contributed by atoms with E-state index >= 15 is 0 Å².